The Balaban J connectivity index is 0.000000292. The van der Waals surface area contributed by atoms with Gasteiger partial charge in [-0.15, -0.1) is 0 Å². The van der Waals surface area contributed by atoms with E-state index >= 15 is 0 Å². The zero-order valence-electron chi connectivity index (χ0n) is 22.4. The molecule has 3 N–H and O–H groups in total. The van der Waals surface area contributed by atoms with Crippen molar-refractivity contribution in [2.45, 2.75) is 63.8 Å². The van der Waals surface area contributed by atoms with E-state index in [0.29, 0.717) is 5.37 Å². The molecule has 1 amide bonds. The number of aliphatic hydroxyl groups excluding tert-OH is 2. The molecule has 1 saturated heterocycles. The molecule has 3 aromatic rings. The minimum Gasteiger partial charge on any atom is -0.385 e. The van der Waals surface area contributed by atoms with E-state index in [1.54, 1.807) is 0 Å². The number of amides is 1. The second-order valence-electron chi connectivity index (χ2n) is 10.6. The number of hydrogen-bond acceptors (Lipinski definition) is 6. The van der Waals surface area contributed by atoms with Gasteiger partial charge in [0.1, 0.15) is 6.10 Å². The molecule has 3 atom stereocenters. The Morgan fingerprint density at radius 3 is 2.21 bits per heavy atom. The Bertz CT molecular complexity index is 1330. The quantitative estimate of drug-likeness (QED) is 0.405. The first-order valence-electron chi connectivity index (χ1n) is 13.7. The second-order valence-corrected chi connectivity index (χ2v) is 11.4. The van der Waals surface area contributed by atoms with Gasteiger partial charge in [-0.1, -0.05) is 73.7 Å². The number of hydrogen-bond donors (Lipinski definition) is 3. The largest absolute Gasteiger partial charge is 0.385 e. The Hall–Kier alpha value is -3.04. The van der Waals surface area contributed by atoms with Gasteiger partial charge < -0.3 is 15.5 Å². The second kappa shape index (κ2) is 13.8. The van der Waals surface area contributed by atoms with Crippen molar-refractivity contribution < 1.29 is 23.4 Å². The van der Waals surface area contributed by atoms with Crippen molar-refractivity contribution in [1.82, 2.24) is 10.2 Å². The van der Waals surface area contributed by atoms with Crippen LogP contribution in [0.3, 0.4) is 0 Å². The van der Waals surface area contributed by atoms with Crippen molar-refractivity contribution >= 4 is 32.3 Å². The highest BCUT2D eigenvalue weighted by Crippen LogP contribution is 2.31. The van der Waals surface area contributed by atoms with E-state index in [1.807, 2.05) is 6.07 Å². The molecule has 2 aliphatic rings. The number of piperidine rings is 1. The molecule has 1 fully saturated rings. The van der Waals surface area contributed by atoms with Crippen LogP contribution in [0.2, 0.25) is 0 Å². The average Bonchev–Trinajstić information content (AvgIpc) is 2.94. The van der Waals surface area contributed by atoms with Gasteiger partial charge in [-0.2, -0.15) is 8.42 Å². The van der Waals surface area contributed by atoms with E-state index < -0.39 is 28.4 Å². The third-order valence-corrected chi connectivity index (χ3v) is 8.12. The maximum atomic E-state index is 12.3. The third-order valence-electron chi connectivity index (χ3n) is 7.62. The van der Waals surface area contributed by atoms with Crippen LogP contribution in [0.5, 0.6) is 0 Å². The van der Waals surface area contributed by atoms with Crippen molar-refractivity contribution in [2.75, 3.05) is 13.1 Å². The first-order valence-corrected chi connectivity index (χ1v) is 14.8. The molecule has 5 rings (SSSR count). The van der Waals surface area contributed by atoms with Crippen molar-refractivity contribution in [3.8, 4) is 0 Å². The van der Waals surface area contributed by atoms with Crippen molar-refractivity contribution in [3.05, 3.63) is 83.4 Å². The van der Waals surface area contributed by atoms with Crippen LogP contribution in [0.15, 0.2) is 66.7 Å². The Labute approximate surface area is 232 Å². The van der Waals surface area contributed by atoms with Gasteiger partial charge in [0.05, 0.1) is 11.4 Å². The molecule has 8 heteroatoms. The fourth-order valence-corrected chi connectivity index (χ4v) is 5.70. The number of carbonyl (C=O) groups excluding carboxylic acids is 1. The molecule has 7 nitrogen and oxygen atoms in total. The summed E-state index contributed by atoms with van der Waals surface area (Å²) >= 11 is 0. The van der Waals surface area contributed by atoms with Gasteiger partial charge in [-0.05, 0) is 78.6 Å². The Morgan fingerprint density at radius 1 is 1.00 bits per heavy atom. The van der Waals surface area contributed by atoms with Crippen LogP contribution in [-0.4, -0.2) is 60.1 Å². The number of aryl methyl sites for hydroxylation is 1. The van der Waals surface area contributed by atoms with Crippen LogP contribution in [0.4, 0.5) is 0 Å². The molecular weight excluding hydrogens is 512 g/mol. The Kier molecular flexibility index (Phi) is 10.3. The van der Waals surface area contributed by atoms with Crippen LogP contribution >= 0.6 is 0 Å². The molecular formula is C31H38N2O5S. The molecule has 208 valence electrons. The molecule has 0 spiro atoms. The third kappa shape index (κ3) is 8.22. The van der Waals surface area contributed by atoms with Crippen molar-refractivity contribution in [3.63, 3.8) is 0 Å². The van der Waals surface area contributed by atoms with E-state index in [2.05, 4.69) is 77.8 Å². The monoisotopic (exact) mass is 550 g/mol. The number of carbonyl (C=O) groups is 1. The number of aliphatic hydroxyl groups is 2. The van der Waals surface area contributed by atoms with Gasteiger partial charge in [0.25, 0.3) is 5.91 Å². The van der Waals surface area contributed by atoms with Gasteiger partial charge in [-0.3, -0.25) is 9.69 Å². The molecule has 1 heterocycles. The number of likely N-dealkylation sites (tertiary alicyclic amines) is 1. The molecule has 1 aliphatic heterocycles. The summed E-state index contributed by atoms with van der Waals surface area (Å²) in [5.74, 6) is 0.0304. The lowest BCUT2D eigenvalue weighted by atomic mass is 9.86. The topological polar surface area (TPSA) is 107 Å². The number of fused-ring (bicyclic) bond motifs is 2. The Morgan fingerprint density at radius 2 is 1.62 bits per heavy atom. The summed E-state index contributed by atoms with van der Waals surface area (Å²) in [6.45, 7) is 5.49. The molecule has 39 heavy (non-hydrogen) atoms. The summed E-state index contributed by atoms with van der Waals surface area (Å²) in [6, 6.07) is 22.8. The van der Waals surface area contributed by atoms with Crippen molar-refractivity contribution in [2.24, 2.45) is 5.92 Å². The predicted octanol–water partition coefficient (Wildman–Crippen LogP) is 3.66. The minimum atomic E-state index is -2.65. The van der Waals surface area contributed by atoms with Crippen LogP contribution in [0.1, 0.15) is 55.3 Å². The number of nitrogens with one attached hydrogen (secondary N) is 1. The molecule has 1 aliphatic carbocycles. The zero-order valence-corrected chi connectivity index (χ0v) is 23.2. The average molecular weight is 551 g/mol. The fraction of sp³-hybridized carbons (Fsp3) is 0.419. The van der Waals surface area contributed by atoms with Gasteiger partial charge in [0.15, 0.2) is 6.10 Å². The number of rotatable bonds is 6. The van der Waals surface area contributed by atoms with E-state index in [0.717, 1.165) is 50.4 Å². The van der Waals surface area contributed by atoms with E-state index in [9.17, 15) is 23.4 Å². The fourth-order valence-electron chi connectivity index (χ4n) is 5.33. The van der Waals surface area contributed by atoms with Gasteiger partial charge in [0.2, 0.25) is 10.3 Å². The van der Waals surface area contributed by atoms with Gasteiger partial charge >= 0.3 is 0 Å². The summed E-state index contributed by atoms with van der Waals surface area (Å²) in [4.78, 5) is 14.7. The maximum Gasteiger partial charge on any atom is 0.252 e. The lowest BCUT2D eigenvalue weighted by molar-refractivity contribution is -0.133. The molecule has 0 bridgehead atoms. The normalized spacial score (nSPS) is 19.2. The molecule has 0 radical (unpaired) electrons. The summed E-state index contributed by atoms with van der Waals surface area (Å²) in [7, 11) is -2.65. The highest BCUT2D eigenvalue weighted by atomic mass is 32.2. The molecule has 0 saturated carbocycles. The van der Waals surface area contributed by atoms with Gasteiger partial charge in [-0.25, -0.2) is 0 Å². The molecule has 0 unspecified atom stereocenters. The lowest BCUT2D eigenvalue weighted by Gasteiger charge is -2.31. The van der Waals surface area contributed by atoms with E-state index in [1.165, 1.54) is 34.7 Å². The van der Waals surface area contributed by atoms with Crippen LogP contribution in [0.25, 0.3) is 10.8 Å². The van der Waals surface area contributed by atoms with Crippen LogP contribution in [0, 0.1) is 5.92 Å². The predicted molar refractivity (Wildman–Crippen MR) is 155 cm³/mol. The SMILES string of the molecule is CC1CCN(Cc2ccc3c(c2)CCC[C@H]3NC(=O)[C@H](O)[C@H](O)C=S(=O)=O)CC1.c1ccc2ccccc2c1. The smallest absolute Gasteiger partial charge is 0.252 e. The molecule has 0 aromatic heterocycles. The molecule has 3 aromatic carbocycles. The summed E-state index contributed by atoms with van der Waals surface area (Å²) in [5.41, 5.74) is 3.50. The number of benzene rings is 3. The van der Waals surface area contributed by atoms with Crippen LogP contribution in [-0.2, 0) is 28.1 Å². The number of nitrogens with zero attached hydrogens (tertiary/aromatic N) is 1. The first-order chi connectivity index (χ1) is 18.8. The first kappa shape index (κ1) is 29.0. The summed E-state index contributed by atoms with van der Waals surface area (Å²) in [6.07, 6.45) is 1.50. The minimum absolute atomic E-state index is 0.254. The van der Waals surface area contributed by atoms with Crippen LogP contribution < -0.4 is 5.32 Å². The van der Waals surface area contributed by atoms with Crippen molar-refractivity contribution in [1.29, 1.82) is 0 Å². The zero-order chi connectivity index (χ0) is 27.8. The van der Waals surface area contributed by atoms with E-state index in [4.69, 9.17) is 0 Å². The summed E-state index contributed by atoms with van der Waals surface area (Å²) < 4.78 is 21.2. The maximum absolute atomic E-state index is 12.3. The highest BCUT2D eigenvalue weighted by molar-refractivity contribution is 7.71. The van der Waals surface area contributed by atoms with Gasteiger partial charge in [0, 0.05) is 6.54 Å². The summed E-state index contributed by atoms with van der Waals surface area (Å²) in [5, 5.41) is 25.4. The lowest BCUT2D eigenvalue weighted by Crippen LogP contribution is -2.44. The van der Waals surface area contributed by atoms with E-state index in [-0.39, 0.29) is 6.04 Å². The highest BCUT2D eigenvalue weighted by Gasteiger charge is 2.28. The standard InChI is InChI=1S/C21H30N2O5S.C10H8/c1-14-7-9-23(10-8-14)12-15-5-6-17-16(11-15)3-2-4-18(17)22-21(26)20(25)19(24)13-29(27)28;1-2-6-10-8-4-3-7-9(10)5-1/h5-6,11,13-14,18-20,24-25H,2-4,7-10,12H2,1H3,(H,22,26);1-8H/t18-,19-,20-;/m1./s1.